The molecule has 1 fully saturated rings. The van der Waals surface area contributed by atoms with E-state index in [0.29, 0.717) is 6.42 Å². The van der Waals surface area contributed by atoms with Crippen LogP contribution in [0.4, 0.5) is 0 Å². The molecule has 0 saturated carbocycles. The summed E-state index contributed by atoms with van der Waals surface area (Å²) in [6.45, 7) is 0. The van der Waals surface area contributed by atoms with E-state index < -0.39 is 9.84 Å². The van der Waals surface area contributed by atoms with Gasteiger partial charge in [0, 0.05) is 0 Å². The van der Waals surface area contributed by atoms with Crippen molar-refractivity contribution in [2.24, 2.45) is 5.10 Å². The maximum atomic E-state index is 11.2. The molecule has 0 amide bonds. The zero-order chi connectivity index (χ0) is 11.4. The summed E-state index contributed by atoms with van der Waals surface area (Å²) in [4.78, 5) is 0. The maximum absolute atomic E-state index is 11.2. The molecule has 1 aliphatic heterocycles. The van der Waals surface area contributed by atoms with E-state index in [1.54, 1.807) is 6.21 Å². The average molecular weight is 238 g/mol. The van der Waals surface area contributed by atoms with E-state index >= 15 is 0 Å². The highest BCUT2D eigenvalue weighted by atomic mass is 32.2. The van der Waals surface area contributed by atoms with Gasteiger partial charge in [0.2, 0.25) is 0 Å². The van der Waals surface area contributed by atoms with Crippen molar-refractivity contribution in [1.29, 1.82) is 0 Å². The number of hydrogen-bond acceptors (Lipinski definition) is 4. The van der Waals surface area contributed by atoms with Gasteiger partial charge in [0.25, 0.3) is 0 Å². The van der Waals surface area contributed by atoms with E-state index in [9.17, 15) is 8.42 Å². The van der Waals surface area contributed by atoms with Gasteiger partial charge < -0.3 is 5.43 Å². The van der Waals surface area contributed by atoms with Gasteiger partial charge in [0.1, 0.15) is 0 Å². The van der Waals surface area contributed by atoms with E-state index in [-0.39, 0.29) is 17.5 Å². The second-order valence-electron chi connectivity index (χ2n) is 3.90. The molecule has 1 aromatic rings. The molecule has 1 N–H and O–H groups in total. The number of rotatable bonds is 3. The normalized spacial score (nSPS) is 23.6. The highest BCUT2D eigenvalue weighted by Crippen LogP contribution is 2.10. The van der Waals surface area contributed by atoms with E-state index in [1.807, 2.05) is 30.3 Å². The molecule has 0 aliphatic carbocycles. The lowest BCUT2D eigenvalue weighted by Gasteiger charge is -2.05. The van der Waals surface area contributed by atoms with Gasteiger partial charge in [-0.2, -0.15) is 5.10 Å². The van der Waals surface area contributed by atoms with E-state index in [0.717, 1.165) is 5.56 Å². The van der Waals surface area contributed by atoms with Crippen molar-refractivity contribution >= 4 is 16.1 Å². The van der Waals surface area contributed by atoms with Gasteiger partial charge in [-0.1, -0.05) is 30.3 Å². The summed E-state index contributed by atoms with van der Waals surface area (Å²) < 4.78 is 22.4. The molecule has 0 aromatic heterocycles. The SMILES string of the molecule is O=S1(=O)CCC(N/N=C/c2ccccc2)C1. The Hall–Kier alpha value is -1.36. The second-order valence-corrected chi connectivity index (χ2v) is 6.13. The molecule has 0 spiro atoms. The lowest BCUT2D eigenvalue weighted by molar-refractivity contribution is 0.578. The monoisotopic (exact) mass is 238 g/mol. The Labute approximate surface area is 95.3 Å². The number of nitrogens with zero attached hydrogens (tertiary/aromatic N) is 1. The lowest BCUT2D eigenvalue weighted by atomic mass is 10.2. The molecule has 1 aliphatic rings. The van der Waals surface area contributed by atoms with Crippen molar-refractivity contribution in [3.05, 3.63) is 35.9 Å². The van der Waals surface area contributed by atoms with Gasteiger partial charge in [-0.25, -0.2) is 8.42 Å². The summed E-state index contributed by atoms with van der Waals surface area (Å²) in [6.07, 6.45) is 2.35. The number of benzene rings is 1. The number of sulfone groups is 1. The minimum Gasteiger partial charge on any atom is -0.306 e. The molecular weight excluding hydrogens is 224 g/mol. The van der Waals surface area contributed by atoms with E-state index in [4.69, 9.17) is 0 Å². The van der Waals surface area contributed by atoms with Crippen LogP contribution in [-0.2, 0) is 9.84 Å². The standard InChI is InChI=1S/C11H14N2O2S/c14-16(15)7-6-11(9-16)13-12-8-10-4-2-1-3-5-10/h1-5,8,11,13H,6-7,9H2/b12-8+. The fourth-order valence-corrected chi connectivity index (χ4v) is 3.32. The molecule has 1 unspecified atom stereocenters. The first-order valence-electron chi connectivity index (χ1n) is 5.20. The summed E-state index contributed by atoms with van der Waals surface area (Å²) in [5.41, 5.74) is 3.87. The van der Waals surface area contributed by atoms with Crippen LogP contribution in [0.15, 0.2) is 35.4 Å². The molecular formula is C11H14N2O2S. The van der Waals surface area contributed by atoms with Gasteiger partial charge in [-0.3, -0.25) is 0 Å². The number of hydrazone groups is 1. The second kappa shape index (κ2) is 4.65. The smallest absolute Gasteiger partial charge is 0.152 e. The summed E-state index contributed by atoms with van der Waals surface area (Å²) >= 11 is 0. The Morgan fingerprint density at radius 3 is 2.69 bits per heavy atom. The maximum Gasteiger partial charge on any atom is 0.152 e. The molecule has 1 aromatic carbocycles. The molecule has 0 radical (unpaired) electrons. The topological polar surface area (TPSA) is 58.5 Å². The van der Waals surface area contributed by atoms with Crippen LogP contribution in [-0.4, -0.2) is 32.2 Å². The third-order valence-electron chi connectivity index (χ3n) is 2.50. The van der Waals surface area contributed by atoms with Crippen LogP contribution in [0, 0.1) is 0 Å². The molecule has 4 nitrogen and oxygen atoms in total. The van der Waals surface area contributed by atoms with Crippen molar-refractivity contribution in [2.45, 2.75) is 12.5 Å². The van der Waals surface area contributed by atoms with Crippen molar-refractivity contribution in [1.82, 2.24) is 5.43 Å². The van der Waals surface area contributed by atoms with Gasteiger partial charge in [0.05, 0.1) is 23.8 Å². The minimum atomic E-state index is -2.83. The molecule has 86 valence electrons. The van der Waals surface area contributed by atoms with Gasteiger partial charge in [-0.05, 0) is 12.0 Å². The molecule has 1 saturated heterocycles. The van der Waals surface area contributed by atoms with Gasteiger partial charge >= 0.3 is 0 Å². The summed E-state index contributed by atoms with van der Waals surface area (Å²) in [7, 11) is -2.83. The predicted octanol–water partition coefficient (Wildman–Crippen LogP) is 0.797. The molecule has 5 heteroatoms. The zero-order valence-corrected chi connectivity index (χ0v) is 9.65. The largest absolute Gasteiger partial charge is 0.306 e. The first kappa shape index (κ1) is 11.1. The van der Waals surface area contributed by atoms with Crippen LogP contribution < -0.4 is 5.43 Å². The van der Waals surface area contributed by atoms with Crippen molar-refractivity contribution in [3.63, 3.8) is 0 Å². The highest BCUT2D eigenvalue weighted by Gasteiger charge is 2.27. The van der Waals surface area contributed by atoms with Crippen LogP contribution in [0.1, 0.15) is 12.0 Å². The third kappa shape index (κ3) is 3.06. The lowest BCUT2D eigenvalue weighted by Crippen LogP contribution is -2.25. The molecule has 1 atom stereocenters. The first-order valence-corrected chi connectivity index (χ1v) is 7.02. The summed E-state index contributed by atoms with van der Waals surface area (Å²) in [6, 6.07) is 9.65. The predicted molar refractivity (Wildman–Crippen MR) is 64.2 cm³/mol. The van der Waals surface area contributed by atoms with Crippen LogP contribution in [0.25, 0.3) is 0 Å². The average Bonchev–Trinajstić information content (AvgIpc) is 2.60. The Bertz CT molecular complexity index is 468. The van der Waals surface area contributed by atoms with Crippen LogP contribution in [0.3, 0.4) is 0 Å². The minimum absolute atomic E-state index is 0.0371. The molecule has 2 rings (SSSR count). The summed E-state index contributed by atoms with van der Waals surface area (Å²) in [5.74, 6) is 0.463. The Morgan fingerprint density at radius 1 is 1.31 bits per heavy atom. The Balaban J connectivity index is 1.87. The fourth-order valence-electron chi connectivity index (χ4n) is 1.65. The third-order valence-corrected chi connectivity index (χ3v) is 4.27. The fraction of sp³-hybridized carbons (Fsp3) is 0.364. The Kier molecular flexibility index (Phi) is 3.24. The van der Waals surface area contributed by atoms with E-state index in [2.05, 4.69) is 10.5 Å². The number of hydrogen-bond donors (Lipinski definition) is 1. The van der Waals surface area contributed by atoms with Crippen LogP contribution in [0.2, 0.25) is 0 Å². The first-order chi connectivity index (χ1) is 7.66. The van der Waals surface area contributed by atoms with E-state index in [1.165, 1.54) is 0 Å². The molecule has 1 heterocycles. The van der Waals surface area contributed by atoms with Crippen LogP contribution in [0.5, 0.6) is 0 Å². The van der Waals surface area contributed by atoms with Crippen molar-refractivity contribution < 1.29 is 8.42 Å². The Morgan fingerprint density at radius 2 is 2.06 bits per heavy atom. The highest BCUT2D eigenvalue weighted by molar-refractivity contribution is 7.91. The molecule has 0 bridgehead atoms. The summed E-state index contributed by atoms with van der Waals surface area (Å²) in [5, 5.41) is 4.05. The zero-order valence-electron chi connectivity index (χ0n) is 8.83. The quantitative estimate of drug-likeness (QED) is 0.626. The van der Waals surface area contributed by atoms with Crippen molar-refractivity contribution in [3.8, 4) is 0 Å². The molecule has 16 heavy (non-hydrogen) atoms. The van der Waals surface area contributed by atoms with Gasteiger partial charge in [-0.15, -0.1) is 0 Å². The van der Waals surface area contributed by atoms with Gasteiger partial charge in [0.15, 0.2) is 9.84 Å². The number of nitrogens with one attached hydrogen (secondary N) is 1. The van der Waals surface area contributed by atoms with Crippen LogP contribution >= 0.6 is 0 Å². The van der Waals surface area contributed by atoms with Crippen molar-refractivity contribution in [2.75, 3.05) is 11.5 Å².